The van der Waals surface area contributed by atoms with E-state index in [9.17, 15) is 4.79 Å². The lowest BCUT2D eigenvalue weighted by molar-refractivity contribution is 0.150. The van der Waals surface area contributed by atoms with Crippen LogP contribution in [0, 0.1) is 0 Å². The van der Waals surface area contributed by atoms with Gasteiger partial charge in [0.2, 0.25) is 5.96 Å². The van der Waals surface area contributed by atoms with Crippen LogP contribution in [0.25, 0.3) is 10.4 Å². The fourth-order valence-electron chi connectivity index (χ4n) is 2.49. The number of rotatable bonds is 5. The van der Waals surface area contributed by atoms with E-state index in [4.69, 9.17) is 16.0 Å². The summed E-state index contributed by atoms with van der Waals surface area (Å²) < 4.78 is 5.13. The molecule has 2 N–H and O–H groups in total. The Balaban J connectivity index is 1.79. The number of piperidine rings is 1. The number of carbonyl (C=O) groups is 1. The van der Waals surface area contributed by atoms with Gasteiger partial charge in [-0.1, -0.05) is 29.4 Å². The van der Waals surface area contributed by atoms with Gasteiger partial charge in [0.05, 0.1) is 0 Å². The molecule has 1 aliphatic heterocycles. The van der Waals surface area contributed by atoms with Crippen LogP contribution < -0.4 is 5.73 Å². The Hall–Kier alpha value is -2.73. The van der Waals surface area contributed by atoms with E-state index in [0.717, 1.165) is 37.1 Å². The van der Waals surface area contributed by atoms with Crippen molar-refractivity contribution < 1.29 is 9.53 Å². The summed E-state index contributed by atoms with van der Waals surface area (Å²) in [5.41, 5.74) is 16.0. The quantitative estimate of drug-likeness (QED) is 0.293. The number of guanidine groups is 1. The molecule has 1 amide bonds. The fourth-order valence-corrected chi connectivity index (χ4v) is 2.49. The largest absolute Gasteiger partial charge is 0.443 e. The number of nitrogens with two attached hydrogens (primary N) is 1. The average molecular weight is 330 g/mol. The van der Waals surface area contributed by atoms with Crippen LogP contribution in [0.15, 0.2) is 34.4 Å². The Morgan fingerprint density at radius 1 is 1.21 bits per heavy atom. The number of ether oxygens (including phenoxy) is 1. The lowest BCUT2D eigenvalue weighted by Gasteiger charge is -2.27. The van der Waals surface area contributed by atoms with Gasteiger partial charge in [0, 0.05) is 24.5 Å². The molecule has 128 valence electrons. The van der Waals surface area contributed by atoms with Crippen molar-refractivity contribution in [3.05, 3.63) is 45.8 Å². The highest BCUT2D eigenvalue weighted by Gasteiger charge is 2.13. The molecular formula is C16H22N6O2. The van der Waals surface area contributed by atoms with Crippen LogP contribution in [0.3, 0.4) is 0 Å². The van der Waals surface area contributed by atoms with Crippen molar-refractivity contribution in [2.45, 2.75) is 32.3 Å². The monoisotopic (exact) mass is 330 g/mol. The van der Waals surface area contributed by atoms with Crippen molar-refractivity contribution in [2.24, 2.45) is 15.8 Å². The number of hydrogen-bond acceptors (Lipinski definition) is 3. The first-order chi connectivity index (χ1) is 11.7. The minimum atomic E-state index is -0.675. The Bertz CT molecular complexity index is 616. The molecule has 0 atom stereocenters. The zero-order valence-corrected chi connectivity index (χ0v) is 13.6. The third-order valence-electron chi connectivity index (χ3n) is 3.83. The maximum absolute atomic E-state index is 11.7. The van der Waals surface area contributed by atoms with Gasteiger partial charge in [-0.25, -0.2) is 4.79 Å². The molecule has 0 bridgehead atoms. The second kappa shape index (κ2) is 9.42. The number of aliphatic imine (C=N–C) groups is 1. The van der Waals surface area contributed by atoms with Crippen molar-refractivity contribution >= 4 is 12.1 Å². The average Bonchev–Trinajstić information content (AvgIpc) is 2.62. The molecular weight excluding hydrogens is 308 g/mol. The van der Waals surface area contributed by atoms with Crippen molar-refractivity contribution in [3.8, 4) is 0 Å². The van der Waals surface area contributed by atoms with Gasteiger partial charge in [0.1, 0.15) is 6.61 Å². The molecule has 1 fully saturated rings. The van der Waals surface area contributed by atoms with Gasteiger partial charge < -0.3 is 15.4 Å². The van der Waals surface area contributed by atoms with Gasteiger partial charge >= 0.3 is 6.09 Å². The summed E-state index contributed by atoms with van der Waals surface area (Å²) in [7, 11) is 0. The molecule has 0 unspecified atom stereocenters. The summed E-state index contributed by atoms with van der Waals surface area (Å²) in [6.45, 7) is 2.24. The summed E-state index contributed by atoms with van der Waals surface area (Å²) in [5.74, 6) is 0.230. The number of carbonyl (C=O) groups excluding carboxylic acids is 1. The van der Waals surface area contributed by atoms with Crippen LogP contribution >= 0.6 is 0 Å². The van der Waals surface area contributed by atoms with Crippen LogP contribution in [-0.4, -0.2) is 36.6 Å². The van der Waals surface area contributed by atoms with Crippen molar-refractivity contribution in [3.63, 3.8) is 0 Å². The summed E-state index contributed by atoms with van der Waals surface area (Å²) in [6.07, 6.45) is 3.33. The number of amides is 1. The van der Waals surface area contributed by atoms with Crippen LogP contribution in [-0.2, 0) is 17.8 Å². The summed E-state index contributed by atoms with van der Waals surface area (Å²) >= 11 is 0. The van der Waals surface area contributed by atoms with Gasteiger partial charge in [0.25, 0.3) is 0 Å². The van der Waals surface area contributed by atoms with Crippen LogP contribution in [0.5, 0.6) is 0 Å². The van der Waals surface area contributed by atoms with Crippen LogP contribution in [0.4, 0.5) is 4.79 Å². The van der Waals surface area contributed by atoms with Crippen molar-refractivity contribution in [2.75, 3.05) is 19.6 Å². The molecule has 2 rings (SSSR count). The van der Waals surface area contributed by atoms with Gasteiger partial charge in [-0.15, -0.1) is 4.99 Å². The molecule has 1 saturated heterocycles. The highest BCUT2D eigenvalue weighted by atomic mass is 16.5. The predicted octanol–water partition coefficient (Wildman–Crippen LogP) is 2.98. The number of likely N-dealkylation sites (tertiary alicyclic amines) is 1. The topological polar surface area (TPSA) is 117 Å². The lowest BCUT2D eigenvalue weighted by Crippen LogP contribution is -2.41. The summed E-state index contributed by atoms with van der Waals surface area (Å²) in [5, 5.41) is 3.50. The zero-order valence-electron chi connectivity index (χ0n) is 13.6. The number of azide groups is 1. The van der Waals surface area contributed by atoms with Crippen molar-refractivity contribution in [1.82, 2.24) is 4.90 Å². The first kappa shape index (κ1) is 17.6. The SMILES string of the molecule is [N-]=[N+]=NCCc1ccc(COC(=O)N=C(N)N2CCCCC2)cc1. The molecule has 8 nitrogen and oxygen atoms in total. The maximum Gasteiger partial charge on any atom is 0.437 e. The third kappa shape index (κ3) is 5.81. The van der Waals surface area contributed by atoms with E-state index in [-0.39, 0.29) is 12.6 Å². The number of benzene rings is 1. The molecule has 0 saturated carbocycles. The Labute approximate surface area is 140 Å². The van der Waals surface area contributed by atoms with Crippen LogP contribution in [0.1, 0.15) is 30.4 Å². The highest BCUT2D eigenvalue weighted by Crippen LogP contribution is 2.09. The molecule has 0 aliphatic carbocycles. The Morgan fingerprint density at radius 2 is 1.88 bits per heavy atom. The van der Waals surface area contributed by atoms with E-state index in [1.807, 2.05) is 29.2 Å². The smallest absolute Gasteiger partial charge is 0.437 e. The molecule has 1 heterocycles. The highest BCUT2D eigenvalue weighted by molar-refractivity contribution is 5.89. The van der Waals surface area contributed by atoms with E-state index >= 15 is 0 Å². The molecule has 0 radical (unpaired) electrons. The van der Waals surface area contributed by atoms with E-state index < -0.39 is 6.09 Å². The molecule has 0 spiro atoms. The fraction of sp³-hybridized carbons (Fsp3) is 0.500. The first-order valence-corrected chi connectivity index (χ1v) is 8.03. The molecule has 0 aromatic heterocycles. The van der Waals surface area contributed by atoms with Gasteiger partial charge in [-0.05, 0) is 42.3 Å². The predicted molar refractivity (Wildman–Crippen MR) is 91.4 cm³/mol. The minimum Gasteiger partial charge on any atom is -0.443 e. The maximum atomic E-state index is 11.7. The zero-order chi connectivity index (χ0) is 17.2. The molecule has 1 aromatic carbocycles. The van der Waals surface area contributed by atoms with Gasteiger partial charge in [-0.3, -0.25) is 0 Å². The third-order valence-corrected chi connectivity index (χ3v) is 3.83. The minimum absolute atomic E-state index is 0.145. The summed E-state index contributed by atoms with van der Waals surface area (Å²) in [6, 6.07) is 7.58. The second-order valence-electron chi connectivity index (χ2n) is 5.59. The van der Waals surface area contributed by atoms with Crippen LogP contribution in [0.2, 0.25) is 0 Å². The number of nitrogens with zero attached hydrogens (tertiary/aromatic N) is 5. The molecule has 1 aliphatic rings. The Morgan fingerprint density at radius 3 is 2.54 bits per heavy atom. The lowest BCUT2D eigenvalue weighted by atomic mass is 10.1. The van der Waals surface area contributed by atoms with Gasteiger partial charge in [-0.2, -0.15) is 0 Å². The number of hydrogen-bond donors (Lipinski definition) is 1. The molecule has 8 heteroatoms. The Kier molecular flexibility index (Phi) is 6.91. The van der Waals surface area contributed by atoms with E-state index in [1.165, 1.54) is 6.42 Å². The van der Waals surface area contributed by atoms with Crippen molar-refractivity contribution in [1.29, 1.82) is 0 Å². The normalized spacial score (nSPS) is 14.8. The molecule has 24 heavy (non-hydrogen) atoms. The second-order valence-corrected chi connectivity index (χ2v) is 5.59. The van der Waals surface area contributed by atoms with E-state index in [1.54, 1.807) is 0 Å². The standard InChI is InChI=1S/C16H22N6O2/c17-15(22-10-2-1-3-11-22)20-16(23)24-12-14-6-4-13(5-7-14)8-9-19-21-18/h4-7H,1-3,8-12H2,(H2,17,20,23). The van der Waals surface area contributed by atoms with E-state index in [0.29, 0.717) is 13.0 Å². The summed E-state index contributed by atoms with van der Waals surface area (Å²) in [4.78, 5) is 20.2. The van der Waals surface area contributed by atoms with E-state index in [2.05, 4.69) is 15.0 Å². The first-order valence-electron chi connectivity index (χ1n) is 8.03. The molecule has 1 aromatic rings. The van der Waals surface area contributed by atoms with Gasteiger partial charge in [0.15, 0.2) is 0 Å².